The molecule has 8 nitrogen and oxygen atoms in total. The molecule has 1 saturated carbocycles. The van der Waals surface area contributed by atoms with Gasteiger partial charge in [-0.3, -0.25) is 9.59 Å². The number of pyridine rings is 1. The molecule has 3 rings (SSSR count). The molecule has 1 fully saturated rings. The highest BCUT2D eigenvalue weighted by molar-refractivity contribution is 6.05. The summed E-state index contributed by atoms with van der Waals surface area (Å²) in [6.45, 7) is -0.696. The van der Waals surface area contributed by atoms with Crippen molar-refractivity contribution in [1.29, 1.82) is 0 Å². The number of alkyl halides is 3. The van der Waals surface area contributed by atoms with Crippen LogP contribution >= 0.6 is 0 Å². The second-order valence-corrected chi connectivity index (χ2v) is 7.78. The van der Waals surface area contributed by atoms with Gasteiger partial charge in [0.05, 0.1) is 18.4 Å². The number of hydrogen-bond acceptors (Lipinski definition) is 6. The fourth-order valence-corrected chi connectivity index (χ4v) is 3.87. The summed E-state index contributed by atoms with van der Waals surface area (Å²) in [5.41, 5.74) is -1.37. The van der Waals surface area contributed by atoms with E-state index in [1.54, 1.807) is 0 Å². The molecule has 11 heteroatoms. The van der Waals surface area contributed by atoms with Crippen LogP contribution in [0.2, 0.25) is 0 Å². The fourth-order valence-electron chi connectivity index (χ4n) is 3.87. The third kappa shape index (κ3) is 5.83. The van der Waals surface area contributed by atoms with Gasteiger partial charge in [0.25, 0.3) is 0 Å². The Bertz CT molecular complexity index is 1070. The van der Waals surface area contributed by atoms with Crippen LogP contribution in [-0.2, 0) is 20.5 Å². The van der Waals surface area contributed by atoms with Gasteiger partial charge in [0.15, 0.2) is 0 Å². The Hall–Kier alpha value is -3.63. The molecule has 1 N–H and O–H groups in total. The number of ether oxygens (including phenoxy) is 2. The van der Waals surface area contributed by atoms with Crippen LogP contribution in [-0.4, -0.2) is 41.6 Å². The molecule has 182 valence electrons. The Balaban J connectivity index is 2.01. The highest BCUT2D eigenvalue weighted by Crippen LogP contribution is 2.38. The van der Waals surface area contributed by atoms with Crippen LogP contribution in [0.15, 0.2) is 36.5 Å². The maximum atomic E-state index is 13.3. The molecule has 0 spiro atoms. The SMILES string of the molecule is COC(=O)c1cc(Oc2ncccc2C(F)(F)F)ccc1N(CC(=O)O)C(=O)C1CCCCC1. The van der Waals surface area contributed by atoms with E-state index in [0.717, 1.165) is 55.7 Å². The highest BCUT2D eigenvalue weighted by Gasteiger charge is 2.36. The van der Waals surface area contributed by atoms with Crippen molar-refractivity contribution in [2.45, 2.75) is 38.3 Å². The Labute approximate surface area is 193 Å². The maximum Gasteiger partial charge on any atom is 0.421 e. The minimum Gasteiger partial charge on any atom is -0.480 e. The van der Waals surface area contributed by atoms with Crippen molar-refractivity contribution in [1.82, 2.24) is 4.98 Å². The largest absolute Gasteiger partial charge is 0.480 e. The average molecular weight is 480 g/mol. The van der Waals surface area contributed by atoms with Gasteiger partial charge in [-0.25, -0.2) is 9.78 Å². The monoisotopic (exact) mass is 480 g/mol. The van der Waals surface area contributed by atoms with Crippen molar-refractivity contribution >= 4 is 23.5 Å². The van der Waals surface area contributed by atoms with Gasteiger partial charge in [0.2, 0.25) is 11.8 Å². The fraction of sp³-hybridized carbons (Fsp3) is 0.391. The van der Waals surface area contributed by atoms with Gasteiger partial charge in [-0.15, -0.1) is 0 Å². The Morgan fingerprint density at radius 3 is 2.47 bits per heavy atom. The number of rotatable bonds is 7. The van der Waals surface area contributed by atoms with E-state index in [4.69, 9.17) is 9.47 Å². The van der Waals surface area contributed by atoms with Crippen molar-refractivity contribution in [3.8, 4) is 11.6 Å². The van der Waals surface area contributed by atoms with Gasteiger partial charge in [0, 0.05) is 12.1 Å². The van der Waals surface area contributed by atoms with Crippen molar-refractivity contribution < 1.29 is 42.1 Å². The van der Waals surface area contributed by atoms with Crippen molar-refractivity contribution in [3.63, 3.8) is 0 Å². The first kappa shape index (κ1) is 25.0. The van der Waals surface area contributed by atoms with Gasteiger partial charge in [-0.2, -0.15) is 13.2 Å². The number of carbonyl (C=O) groups excluding carboxylic acids is 2. The first-order valence-electron chi connectivity index (χ1n) is 10.6. The quantitative estimate of drug-likeness (QED) is 0.574. The van der Waals surface area contributed by atoms with E-state index in [1.807, 2.05) is 0 Å². The molecule has 1 aliphatic rings. The molecule has 2 aromatic rings. The van der Waals surface area contributed by atoms with Gasteiger partial charge in [0.1, 0.15) is 17.9 Å². The van der Waals surface area contributed by atoms with Crippen LogP contribution in [0.5, 0.6) is 11.6 Å². The lowest BCUT2D eigenvalue weighted by molar-refractivity contribution is -0.139. The first-order chi connectivity index (χ1) is 16.1. The van der Waals surface area contributed by atoms with E-state index >= 15 is 0 Å². The highest BCUT2D eigenvalue weighted by atomic mass is 19.4. The molecular weight excluding hydrogens is 457 g/mol. The van der Waals surface area contributed by atoms with Crippen LogP contribution in [0.1, 0.15) is 48.0 Å². The normalized spacial score (nSPS) is 14.4. The summed E-state index contributed by atoms with van der Waals surface area (Å²) < 4.78 is 49.9. The Morgan fingerprint density at radius 1 is 1.15 bits per heavy atom. The summed E-state index contributed by atoms with van der Waals surface area (Å²) in [5.74, 6) is -3.93. The van der Waals surface area contributed by atoms with E-state index in [1.165, 1.54) is 12.1 Å². The van der Waals surface area contributed by atoms with E-state index < -0.39 is 47.9 Å². The number of hydrogen-bond donors (Lipinski definition) is 1. The van der Waals surface area contributed by atoms with Gasteiger partial charge in [-0.05, 0) is 43.2 Å². The lowest BCUT2D eigenvalue weighted by Gasteiger charge is -2.29. The second-order valence-electron chi connectivity index (χ2n) is 7.78. The van der Waals surface area contributed by atoms with Crippen LogP contribution in [0.3, 0.4) is 0 Å². The molecule has 0 radical (unpaired) electrons. The molecular formula is C23H23F3N2O6. The third-order valence-corrected chi connectivity index (χ3v) is 5.47. The molecule has 1 aromatic heterocycles. The summed E-state index contributed by atoms with van der Waals surface area (Å²) in [5, 5.41) is 9.39. The summed E-state index contributed by atoms with van der Waals surface area (Å²) in [6, 6.07) is 5.49. The van der Waals surface area contributed by atoms with Crippen LogP contribution in [0, 0.1) is 5.92 Å². The van der Waals surface area contributed by atoms with Crippen LogP contribution < -0.4 is 9.64 Å². The molecule has 1 aliphatic carbocycles. The zero-order valence-electron chi connectivity index (χ0n) is 18.3. The molecule has 0 unspecified atom stereocenters. The Kier molecular flexibility index (Phi) is 7.75. The van der Waals surface area contributed by atoms with Gasteiger partial charge < -0.3 is 19.5 Å². The number of carboxylic acids is 1. The number of amides is 1. The number of halogens is 3. The maximum absolute atomic E-state index is 13.3. The number of aliphatic carboxylic acids is 1. The molecule has 0 bridgehead atoms. The first-order valence-corrected chi connectivity index (χ1v) is 10.6. The number of esters is 1. The summed E-state index contributed by atoms with van der Waals surface area (Å²) in [4.78, 5) is 41.8. The molecule has 1 aromatic carbocycles. The minimum atomic E-state index is -4.72. The zero-order chi connectivity index (χ0) is 24.9. The molecule has 1 amide bonds. The number of aromatic nitrogens is 1. The number of carboxylic acid groups (broad SMARTS) is 1. The lowest BCUT2D eigenvalue weighted by Crippen LogP contribution is -2.41. The predicted molar refractivity (Wildman–Crippen MR) is 114 cm³/mol. The predicted octanol–water partition coefficient (Wildman–Crippen LogP) is 4.68. The number of carbonyl (C=O) groups is 3. The number of benzene rings is 1. The zero-order valence-corrected chi connectivity index (χ0v) is 18.3. The van der Waals surface area contributed by atoms with E-state index in [9.17, 15) is 32.7 Å². The molecule has 0 saturated heterocycles. The summed E-state index contributed by atoms with van der Waals surface area (Å²) >= 11 is 0. The van der Waals surface area contributed by atoms with Crippen molar-refractivity contribution in [2.75, 3.05) is 18.6 Å². The Morgan fingerprint density at radius 2 is 1.85 bits per heavy atom. The number of methoxy groups -OCH3 is 1. The topological polar surface area (TPSA) is 106 Å². The van der Waals surface area contributed by atoms with Crippen LogP contribution in [0.25, 0.3) is 0 Å². The van der Waals surface area contributed by atoms with Gasteiger partial charge in [-0.1, -0.05) is 19.3 Å². The number of nitrogens with zero attached hydrogens (tertiary/aromatic N) is 2. The van der Waals surface area contributed by atoms with Gasteiger partial charge >= 0.3 is 18.1 Å². The third-order valence-electron chi connectivity index (χ3n) is 5.47. The van der Waals surface area contributed by atoms with E-state index in [-0.39, 0.29) is 17.0 Å². The molecule has 1 heterocycles. The second kappa shape index (κ2) is 10.5. The van der Waals surface area contributed by atoms with Crippen LogP contribution in [0.4, 0.5) is 18.9 Å². The number of anilines is 1. The average Bonchev–Trinajstić information content (AvgIpc) is 2.82. The standard InChI is InChI=1S/C23H23F3N2O6/c1-33-22(32)16-12-15(34-20-17(23(24,25)26)8-5-11-27-20)9-10-18(16)28(13-19(29)30)21(31)14-6-3-2-4-7-14/h5,8-12,14H,2-4,6-7,13H2,1H3,(H,29,30). The molecule has 34 heavy (non-hydrogen) atoms. The summed E-state index contributed by atoms with van der Waals surface area (Å²) in [7, 11) is 1.09. The lowest BCUT2D eigenvalue weighted by atomic mass is 9.88. The molecule has 0 aliphatic heterocycles. The van der Waals surface area contributed by atoms with Crippen molar-refractivity contribution in [3.05, 3.63) is 47.7 Å². The smallest absolute Gasteiger partial charge is 0.421 e. The van der Waals surface area contributed by atoms with E-state index in [2.05, 4.69) is 4.98 Å². The van der Waals surface area contributed by atoms with E-state index in [0.29, 0.717) is 12.8 Å². The molecule has 0 atom stereocenters. The summed E-state index contributed by atoms with van der Waals surface area (Å²) in [6.07, 6.45) is 0.249. The minimum absolute atomic E-state index is 0.0331. The van der Waals surface area contributed by atoms with Crippen molar-refractivity contribution in [2.24, 2.45) is 5.92 Å².